The van der Waals surface area contributed by atoms with Crippen LogP contribution in [-0.2, 0) is 10.2 Å². The van der Waals surface area contributed by atoms with Gasteiger partial charge in [-0.25, -0.2) is 4.68 Å². The van der Waals surface area contributed by atoms with Crippen LogP contribution in [0.1, 0.15) is 68.0 Å². The van der Waals surface area contributed by atoms with E-state index >= 15 is 0 Å². The number of carbonyl (C=O) groups excluding carboxylic acids is 1. The molecule has 40 heavy (non-hydrogen) atoms. The highest BCUT2D eigenvalue weighted by Gasteiger charge is 2.51. The van der Waals surface area contributed by atoms with Gasteiger partial charge in [-0.2, -0.15) is 15.2 Å². The van der Waals surface area contributed by atoms with E-state index < -0.39 is 4.92 Å². The van der Waals surface area contributed by atoms with Crippen molar-refractivity contribution in [3.8, 4) is 5.69 Å². The maximum atomic E-state index is 13.6. The summed E-state index contributed by atoms with van der Waals surface area (Å²) in [5, 5.41) is 22.0. The summed E-state index contributed by atoms with van der Waals surface area (Å²) in [5.74, 6) is 2.50. The molecule has 1 aliphatic heterocycles. The van der Waals surface area contributed by atoms with Crippen molar-refractivity contribution in [3.05, 3.63) is 86.7 Å². The Balaban J connectivity index is 1.15. The van der Waals surface area contributed by atoms with E-state index in [1.807, 2.05) is 26.8 Å². The first kappa shape index (κ1) is 24.9. The van der Waals surface area contributed by atoms with Crippen LogP contribution in [0.5, 0.6) is 0 Å². The Bertz CT molecular complexity index is 1580. The van der Waals surface area contributed by atoms with Crippen LogP contribution in [0, 0.1) is 41.7 Å². The summed E-state index contributed by atoms with van der Waals surface area (Å²) < 4.78 is 1.68. The van der Waals surface area contributed by atoms with Gasteiger partial charge in [0.1, 0.15) is 0 Å². The van der Waals surface area contributed by atoms with Crippen molar-refractivity contribution in [2.75, 3.05) is 5.01 Å². The van der Waals surface area contributed by atoms with Gasteiger partial charge in [-0.15, -0.1) is 0 Å². The van der Waals surface area contributed by atoms with Crippen LogP contribution in [-0.4, -0.2) is 26.3 Å². The number of aromatic nitrogens is 2. The molecule has 3 aromatic rings. The van der Waals surface area contributed by atoms with E-state index in [2.05, 4.69) is 34.5 Å². The second-order valence-electron chi connectivity index (χ2n) is 12.4. The van der Waals surface area contributed by atoms with E-state index in [0.29, 0.717) is 22.4 Å². The number of rotatable bonds is 5. The maximum absolute atomic E-state index is 13.6. The number of non-ortho nitro benzene ring substituents is 1. The second kappa shape index (κ2) is 8.98. The van der Waals surface area contributed by atoms with Gasteiger partial charge in [0.2, 0.25) is 0 Å². The minimum Gasteiger partial charge on any atom is -0.267 e. The van der Waals surface area contributed by atoms with Crippen molar-refractivity contribution >= 4 is 29.1 Å². The Morgan fingerprint density at radius 3 is 2.23 bits per heavy atom. The molecule has 8 heteroatoms. The number of hydrazone groups is 1. The van der Waals surface area contributed by atoms with Gasteiger partial charge in [0.25, 0.3) is 11.6 Å². The molecule has 0 atom stereocenters. The van der Waals surface area contributed by atoms with E-state index in [-0.39, 0.29) is 11.6 Å². The highest BCUT2D eigenvalue weighted by atomic mass is 16.6. The van der Waals surface area contributed by atoms with Gasteiger partial charge < -0.3 is 0 Å². The molecular weight excluding hydrogens is 502 g/mol. The summed E-state index contributed by atoms with van der Waals surface area (Å²) in [6.45, 7) is 5.63. The highest BCUT2D eigenvalue weighted by molar-refractivity contribution is 6.32. The number of anilines is 1. The maximum Gasteiger partial charge on any atom is 0.280 e. The molecule has 204 valence electrons. The van der Waals surface area contributed by atoms with Crippen LogP contribution in [0.3, 0.4) is 0 Å². The fraction of sp³-hybridized carbons (Fsp3) is 0.406. The minimum absolute atomic E-state index is 0.00348. The summed E-state index contributed by atoms with van der Waals surface area (Å²) in [6, 6.07) is 15.0. The van der Waals surface area contributed by atoms with Gasteiger partial charge in [0, 0.05) is 23.4 Å². The molecule has 4 fully saturated rings. The monoisotopic (exact) mass is 535 g/mol. The number of benzene rings is 2. The molecular formula is C32H33N5O3. The zero-order chi connectivity index (χ0) is 27.8. The molecule has 0 unspecified atom stereocenters. The van der Waals surface area contributed by atoms with Crippen molar-refractivity contribution in [1.82, 2.24) is 9.78 Å². The van der Waals surface area contributed by atoms with Crippen molar-refractivity contribution < 1.29 is 9.72 Å². The van der Waals surface area contributed by atoms with E-state index in [4.69, 9.17) is 0 Å². The molecule has 1 amide bonds. The molecule has 4 bridgehead atoms. The van der Waals surface area contributed by atoms with E-state index in [1.54, 1.807) is 16.8 Å². The molecule has 8 nitrogen and oxygen atoms in total. The molecule has 0 N–H and O–H groups in total. The molecule has 0 spiro atoms. The molecule has 1 aromatic heterocycles. The summed E-state index contributed by atoms with van der Waals surface area (Å²) in [5.41, 5.74) is 6.64. The van der Waals surface area contributed by atoms with Crippen LogP contribution in [0.25, 0.3) is 11.8 Å². The number of hydrogen-bond donors (Lipinski definition) is 0. The van der Waals surface area contributed by atoms with Crippen LogP contribution in [0.4, 0.5) is 11.4 Å². The normalized spacial score (nSPS) is 28.0. The first-order valence-corrected chi connectivity index (χ1v) is 14.2. The Morgan fingerprint density at radius 1 is 0.950 bits per heavy atom. The third-order valence-electron chi connectivity index (χ3n) is 9.75. The van der Waals surface area contributed by atoms with Gasteiger partial charge in [-0.05, 0) is 112 Å². The van der Waals surface area contributed by atoms with E-state index in [9.17, 15) is 14.9 Å². The second-order valence-corrected chi connectivity index (χ2v) is 12.4. The van der Waals surface area contributed by atoms with Gasteiger partial charge in [0.05, 0.1) is 33.3 Å². The molecule has 8 rings (SSSR count). The van der Waals surface area contributed by atoms with Gasteiger partial charge in [-0.1, -0.05) is 18.2 Å². The number of nitro groups is 1. The number of carbonyl (C=O) groups is 1. The van der Waals surface area contributed by atoms with Crippen molar-refractivity contribution in [2.24, 2.45) is 22.9 Å². The number of nitrogens with zero attached hydrogens (tertiary/aromatic N) is 5. The van der Waals surface area contributed by atoms with E-state index in [0.717, 1.165) is 40.4 Å². The lowest BCUT2D eigenvalue weighted by Gasteiger charge is -2.57. The molecule has 4 aliphatic carbocycles. The molecule has 4 saturated carbocycles. The Morgan fingerprint density at radius 2 is 1.60 bits per heavy atom. The Hall–Kier alpha value is -4.07. The first-order valence-electron chi connectivity index (χ1n) is 14.2. The van der Waals surface area contributed by atoms with Gasteiger partial charge in [0.15, 0.2) is 0 Å². The third-order valence-corrected chi connectivity index (χ3v) is 9.75. The largest absolute Gasteiger partial charge is 0.280 e. The first-order chi connectivity index (χ1) is 19.2. The number of hydrogen-bond acceptors (Lipinski definition) is 5. The summed E-state index contributed by atoms with van der Waals surface area (Å²) in [6.07, 6.45) is 10.1. The van der Waals surface area contributed by atoms with Crippen molar-refractivity contribution in [3.63, 3.8) is 0 Å². The van der Waals surface area contributed by atoms with Crippen LogP contribution in [0.2, 0.25) is 0 Å². The predicted octanol–water partition coefficient (Wildman–Crippen LogP) is 6.67. The predicted molar refractivity (Wildman–Crippen MR) is 155 cm³/mol. The third kappa shape index (κ3) is 3.92. The lowest BCUT2D eigenvalue weighted by Crippen LogP contribution is -2.48. The lowest BCUT2D eigenvalue weighted by molar-refractivity contribution is -0.384. The van der Waals surface area contributed by atoms with Crippen LogP contribution < -0.4 is 5.01 Å². The molecule has 2 heterocycles. The lowest BCUT2D eigenvalue weighted by atomic mass is 9.48. The molecule has 5 aliphatic rings. The van der Waals surface area contributed by atoms with Crippen molar-refractivity contribution in [1.29, 1.82) is 0 Å². The summed E-state index contributed by atoms with van der Waals surface area (Å²) in [4.78, 5) is 24.4. The fourth-order valence-electron chi connectivity index (χ4n) is 8.28. The van der Waals surface area contributed by atoms with Gasteiger partial charge >= 0.3 is 0 Å². The Kier molecular flexibility index (Phi) is 5.60. The number of aryl methyl sites for hydroxylation is 1. The molecule has 0 radical (unpaired) electrons. The average molecular weight is 536 g/mol. The smallest absolute Gasteiger partial charge is 0.267 e. The summed E-state index contributed by atoms with van der Waals surface area (Å²) >= 11 is 0. The molecule has 0 saturated heterocycles. The minimum atomic E-state index is -0.417. The van der Waals surface area contributed by atoms with Crippen molar-refractivity contribution in [2.45, 2.75) is 64.7 Å². The average Bonchev–Trinajstić information content (AvgIpc) is 3.37. The zero-order valence-electron chi connectivity index (χ0n) is 23.1. The van der Waals surface area contributed by atoms with Crippen LogP contribution >= 0.6 is 0 Å². The fourth-order valence-corrected chi connectivity index (χ4v) is 8.28. The molecule has 2 aromatic carbocycles. The zero-order valence-corrected chi connectivity index (χ0v) is 23.1. The van der Waals surface area contributed by atoms with Gasteiger partial charge in [-0.3, -0.25) is 14.9 Å². The summed E-state index contributed by atoms with van der Waals surface area (Å²) in [7, 11) is 0. The SMILES string of the molecule is CC1=NN(c2ccc(C34CC5CC(CC(C5)C3)C4)cc2)C(=O)/C1=C\c1c(C)nn(-c2cccc([N+](=O)[O-])c2)c1C. The topological polar surface area (TPSA) is 93.6 Å². The quantitative estimate of drug-likeness (QED) is 0.207. The van der Waals surface area contributed by atoms with Crippen LogP contribution in [0.15, 0.2) is 59.2 Å². The number of amides is 1. The standard InChI is InChI=1S/C32H33N5O3/c1-19-29(21(3)35(33-19)27-5-4-6-28(14-27)37(39)40)15-30-20(2)34-36(31(30)38)26-9-7-25(8-10-26)32-16-22-11-23(17-32)13-24(12-22)18-32/h4-10,14-15,22-24H,11-13,16-18H2,1-3H3/b30-15-. The van der Waals surface area contributed by atoms with E-state index in [1.165, 1.54) is 61.2 Å². The Labute approximate surface area is 233 Å². The highest BCUT2D eigenvalue weighted by Crippen LogP contribution is 2.60. The number of nitro benzene ring substituents is 1.